The Labute approximate surface area is 101 Å². The molecule has 0 saturated heterocycles. The monoisotopic (exact) mass is 241 g/mol. The quantitative estimate of drug-likeness (QED) is 0.823. The Hall–Kier alpha value is -1.06. The van der Waals surface area contributed by atoms with E-state index < -0.39 is 0 Å². The smallest absolute Gasteiger partial charge is 0.177 e. The number of hydrogen-bond donors (Lipinski definition) is 1. The van der Waals surface area contributed by atoms with Crippen LogP contribution in [-0.4, -0.2) is 26.5 Å². The lowest BCUT2D eigenvalue weighted by Gasteiger charge is -2.14. The molecule has 88 valence electrons. The summed E-state index contributed by atoms with van der Waals surface area (Å²) in [6, 6.07) is 1.70. The number of hydrogen-bond acceptors (Lipinski definition) is 3. The van der Waals surface area contributed by atoms with E-state index in [-0.39, 0.29) is 5.78 Å². The van der Waals surface area contributed by atoms with Gasteiger partial charge >= 0.3 is 0 Å². The molecular formula is C12H16ClNO2. The number of likely N-dealkylation sites (N-methyl/N-ethyl adjacent to an activating group) is 1. The third-order valence-corrected chi connectivity index (χ3v) is 2.95. The maximum Gasteiger partial charge on any atom is 0.177 e. The van der Waals surface area contributed by atoms with Gasteiger partial charge in [-0.2, -0.15) is 0 Å². The van der Waals surface area contributed by atoms with Crippen molar-refractivity contribution >= 4 is 17.4 Å². The molecule has 3 nitrogen and oxygen atoms in total. The Balaban J connectivity index is 3.31. The molecule has 0 fully saturated rings. The summed E-state index contributed by atoms with van der Waals surface area (Å²) >= 11 is 6.06. The molecule has 0 bridgehead atoms. The van der Waals surface area contributed by atoms with Crippen LogP contribution in [0.15, 0.2) is 6.07 Å². The van der Waals surface area contributed by atoms with Crippen molar-refractivity contribution in [1.29, 1.82) is 0 Å². The van der Waals surface area contributed by atoms with Crippen LogP contribution in [0.2, 0.25) is 5.02 Å². The molecule has 0 aliphatic carbocycles. The molecule has 0 aliphatic rings. The number of nitrogens with one attached hydrogen (secondary N) is 1. The largest absolute Gasteiger partial charge is 0.496 e. The van der Waals surface area contributed by atoms with Crippen LogP contribution in [0, 0.1) is 13.8 Å². The first-order chi connectivity index (χ1) is 7.52. The van der Waals surface area contributed by atoms with E-state index in [1.54, 1.807) is 20.2 Å². The van der Waals surface area contributed by atoms with Crippen molar-refractivity contribution in [3.63, 3.8) is 0 Å². The molecule has 0 aromatic heterocycles. The molecule has 4 heteroatoms. The number of benzene rings is 1. The van der Waals surface area contributed by atoms with Crippen LogP contribution in [0.25, 0.3) is 0 Å². The SMILES string of the molecule is CNCC(=O)c1cc(Cl)c(C)c(OC)c1C. The summed E-state index contributed by atoms with van der Waals surface area (Å²) in [4.78, 5) is 11.8. The zero-order valence-electron chi connectivity index (χ0n) is 9.98. The lowest BCUT2D eigenvalue weighted by atomic mass is 10.0. The molecule has 0 atom stereocenters. The number of halogens is 1. The Morgan fingerprint density at radius 3 is 2.56 bits per heavy atom. The van der Waals surface area contributed by atoms with E-state index in [0.717, 1.165) is 11.1 Å². The van der Waals surface area contributed by atoms with Crippen molar-refractivity contribution < 1.29 is 9.53 Å². The van der Waals surface area contributed by atoms with Gasteiger partial charge in [0.15, 0.2) is 5.78 Å². The Kier molecular flexibility index (Phi) is 4.33. The summed E-state index contributed by atoms with van der Waals surface area (Å²) in [6.07, 6.45) is 0. The fourth-order valence-electron chi connectivity index (χ4n) is 1.71. The van der Waals surface area contributed by atoms with Crippen LogP contribution in [0.1, 0.15) is 21.5 Å². The second-order valence-electron chi connectivity index (χ2n) is 3.64. The van der Waals surface area contributed by atoms with Crippen LogP contribution in [0.5, 0.6) is 5.75 Å². The van der Waals surface area contributed by atoms with Crippen molar-refractivity contribution in [2.45, 2.75) is 13.8 Å². The van der Waals surface area contributed by atoms with Gasteiger partial charge in [0, 0.05) is 21.7 Å². The highest BCUT2D eigenvalue weighted by Crippen LogP contribution is 2.32. The number of ether oxygens (including phenoxy) is 1. The Morgan fingerprint density at radius 2 is 2.06 bits per heavy atom. The van der Waals surface area contributed by atoms with Gasteiger partial charge in [-0.25, -0.2) is 0 Å². The number of carbonyl (C=O) groups is 1. The molecular weight excluding hydrogens is 226 g/mol. The van der Waals surface area contributed by atoms with E-state index in [2.05, 4.69) is 5.32 Å². The lowest BCUT2D eigenvalue weighted by molar-refractivity contribution is 0.0992. The summed E-state index contributed by atoms with van der Waals surface area (Å²) in [6.45, 7) is 4.04. The standard InChI is InChI=1S/C12H16ClNO2/c1-7-9(11(15)6-14-3)5-10(13)8(2)12(7)16-4/h5,14H,6H2,1-4H3. The zero-order chi connectivity index (χ0) is 12.3. The molecule has 16 heavy (non-hydrogen) atoms. The van der Waals surface area contributed by atoms with Gasteiger partial charge in [-0.3, -0.25) is 4.79 Å². The third kappa shape index (κ3) is 2.36. The van der Waals surface area contributed by atoms with Gasteiger partial charge in [-0.1, -0.05) is 11.6 Å². The number of rotatable bonds is 4. The van der Waals surface area contributed by atoms with E-state index in [1.807, 2.05) is 13.8 Å². The van der Waals surface area contributed by atoms with Gasteiger partial charge in [0.2, 0.25) is 0 Å². The van der Waals surface area contributed by atoms with E-state index in [0.29, 0.717) is 22.9 Å². The molecule has 0 unspecified atom stereocenters. The second-order valence-corrected chi connectivity index (χ2v) is 4.05. The molecule has 0 amide bonds. The number of carbonyl (C=O) groups excluding carboxylic acids is 1. The summed E-state index contributed by atoms with van der Waals surface area (Å²) in [5.41, 5.74) is 2.31. The van der Waals surface area contributed by atoms with Crippen molar-refractivity contribution in [3.05, 3.63) is 27.8 Å². The first-order valence-corrected chi connectivity index (χ1v) is 5.42. The molecule has 1 aromatic rings. The van der Waals surface area contributed by atoms with Gasteiger partial charge in [0.1, 0.15) is 5.75 Å². The molecule has 0 heterocycles. The third-order valence-electron chi connectivity index (χ3n) is 2.56. The first kappa shape index (κ1) is 13.0. The van der Waals surface area contributed by atoms with Crippen molar-refractivity contribution in [2.24, 2.45) is 0 Å². The fourth-order valence-corrected chi connectivity index (χ4v) is 1.90. The molecule has 0 saturated carbocycles. The predicted molar refractivity (Wildman–Crippen MR) is 65.7 cm³/mol. The topological polar surface area (TPSA) is 38.3 Å². The van der Waals surface area contributed by atoms with Crippen LogP contribution in [0.4, 0.5) is 0 Å². The molecule has 0 spiro atoms. The van der Waals surface area contributed by atoms with Crippen molar-refractivity contribution in [2.75, 3.05) is 20.7 Å². The number of methoxy groups -OCH3 is 1. The highest BCUT2D eigenvalue weighted by atomic mass is 35.5. The molecule has 0 radical (unpaired) electrons. The summed E-state index contributed by atoms with van der Waals surface area (Å²) in [5.74, 6) is 0.701. The fraction of sp³-hybridized carbons (Fsp3) is 0.417. The summed E-state index contributed by atoms with van der Waals surface area (Å²) in [7, 11) is 3.32. The zero-order valence-corrected chi connectivity index (χ0v) is 10.7. The van der Waals surface area contributed by atoms with Crippen LogP contribution in [0.3, 0.4) is 0 Å². The van der Waals surface area contributed by atoms with Gasteiger partial charge in [-0.15, -0.1) is 0 Å². The maximum atomic E-state index is 11.8. The van der Waals surface area contributed by atoms with E-state index >= 15 is 0 Å². The minimum atomic E-state index is 0.0141. The van der Waals surface area contributed by atoms with Crippen LogP contribution in [-0.2, 0) is 0 Å². The van der Waals surface area contributed by atoms with Gasteiger partial charge in [0.25, 0.3) is 0 Å². The second kappa shape index (κ2) is 5.32. The van der Waals surface area contributed by atoms with E-state index in [9.17, 15) is 4.79 Å². The number of ketones is 1. The normalized spacial score (nSPS) is 10.3. The highest BCUT2D eigenvalue weighted by Gasteiger charge is 2.16. The van der Waals surface area contributed by atoms with Crippen LogP contribution >= 0.6 is 11.6 Å². The predicted octanol–water partition coefficient (Wildman–Crippen LogP) is 2.37. The Morgan fingerprint density at radius 1 is 1.44 bits per heavy atom. The minimum absolute atomic E-state index is 0.0141. The molecule has 1 aromatic carbocycles. The van der Waals surface area contributed by atoms with Crippen LogP contribution < -0.4 is 10.1 Å². The molecule has 0 aliphatic heterocycles. The maximum absolute atomic E-state index is 11.8. The Bertz CT molecular complexity index is 416. The van der Waals surface area contributed by atoms with Gasteiger partial charge in [0.05, 0.1) is 13.7 Å². The van der Waals surface area contributed by atoms with E-state index in [1.165, 1.54) is 0 Å². The van der Waals surface area contributed by atoms with Crippen molar-refractivity contribution in [3.8, 4) is 5.75 Å². The average Bonchev–Trinajstić information content (AvgIpc) is 2.24. The van der Waals surface area contributed by atoms with Gasteiger partial charge in [-0.05, 0) is 27.0 Å². The van der Waals surface area contributed by atoms with Crippen molar-refractivity contribution in [1.82, 2.24) is 5.32 Å². The van der Waals surface area contributed by atoms with E-state index in [4.69, 9.17) is 16.3 Å². The first-order valence-electron chi connectivity index (χ1n) is 5.04. The number of Topliss-reactive ketones (excluding diaryl/α,β-unsaturated/α-hetero) is 1. The minimum Gasteiger partial charge on any atom is -0.496 e. The highest BCUT2D eigenvalue weighted by molar-refractivity contribution is 6.32. The summed E-state index contributed by atoms with van der Waals surface area (Å²) < 4.78 is 5.27. The summed E-state index contributed by atoms with van der Waals surface area (Å²) in [5, 5.41) is 3.39. The molecule has 1 N–H and O–H groups in total. The van der Waals surface area contributed by atoms with Gasteiger partial charge < -0.3 is 10.1 Å². The average molecular weight is 242 g/mol. The lowest BCUT2D eigenvalue weighted by Crippen LogP contribution is -2.19. The molecule has 1 rings (SSSR count).